The van der Waals surface area contributed by atoms with Gasteiger partial charge in [0.25, 0.3) is 0 Å². The number of hydrogen-bond donors (Lipinski definition) is 4. The molecule has 2 aromatic carbocycles. The lowest BCUT2D eigenvalue weighted by Gasteiger charge is -2.28. The van der Waals surface area contributed by atoms with E-state index in [1.165, 1.54) is 0 Å². The van der Waals surface area contributed by atoms with E-state index in [1.54, 1.807) is 12.1 Å². The zero-order chi connectivity index (χ0) is 27.7. The number of phenols is 1. The largest absolute Gasteiger partial charge is 0.507 e. The highest BCUT2D eigenvalue weighted by Crippen LogP contribution is 2.41. The van der Waals surface area contributed by atoms with Gasteiger partial charge in [-0.25, -0.2) is 4.79 Å². The molecular weight excluding hydrogens is 466 g/mol. The summed E-state index contributed by atoms with van der Waals surface area (Å²) in [5.74, 6) is 0.629. The van der Waals surface area contributed by atoms with Gasteiger partial charge in [0, 0.05) is 34.8 Å². The van der Waals surface area contributed by atoms with Gasteiger partial charge in [0.15, 0.2) is 5.78 Å². The minimum atomic E-state index is -1.12. The SMILES string of the molecule is CCC[C@H]1CN(CC(=O)c2cc(C(C)(C)C)c(O)c(C(C)(C)C)c2)C(=N)[C@@H]1c1ccc(NC(=O)O)cc1. The summed E-state index contributed by atoms with van der Waals surface area (Å²) in [6.07, 6.45) is 0.777. The van der Waals surface area contributed by atoms with Crippen molar-refractivity contribution >= 4 is 23.4 Å². The van der Waals surface area contributed by atoms with Crippen molar-refractivity contribution in [2.75, 3.05) is 18.4 Å². The lowest BCUT2D eigenvalue weighted by Crippen LogP contribution is -2.32. The van der Waals surface area contributed by atoms with Crippen LogP contribution in [0.5, 0.6) is 5.75 Å². The fraction of sp³-hybridized carbons (Fsp3) is 0.500. The smallest absolute Gasteiger partial charge is 0.409 e. The third-order valence-corrected chi connectivity index (χ3v) is 7.12. The van der Waals surface area contributed by atoms with Crippen LogP contribution >= 0.6 is 0 Å². The number of nitrogens with zero attached hydrogens (tertiary/aromatic N) is 1. The number of likely N-dealkylation sites (tertiary alicyclic amines) is 1. The molecule has 0 bridgehead atoms. The number of phenolic OH excluding ortho intramolecular Hbond substituents is 1. The zero-order valence-corrected chi connectivity index (χ0v) is 23.1. The molecular formula is C30H41N3O4. The lowest BCUT2D eigenvalue weighted by atomic mass is 9.78. The van der Waals surface area contributed by atoms with Crippen LogP contribution in [0.1, 0.15) is 94.3 Å². The maximum absolute atomic E-state index is 13.6. The van der Waals surface area contributed by atoms with E-state index in [0.29, 0.717) is 23.6 Å². The van der Waals surface area contributed by atoms with Gasteiger partial charge in [-0.05, 0) is 53.0 Å². The summed E-state index contributed by atoms with van der Waals surface area (Å²) in [6.45, 7) is 15.0. The average Bonchev–Trinajstić information content (AvgIpc) is 3.07. The number of anilines is 1. The number of amides is 1. The minimum Gasteiger partial charge on any atom is -0.507 e. The van der Waals surface area contributed by atoms with E-state index in [9.17, 15) is 14.7 Å². The minimum absolute atomic E-state index is 0.0716. The third kappa shape index (κ3) is 6.32. The molecule has 2 atom stereocenters. The Morgan fingerprint density at radius 2 is 1.57 bits per heavy atom. The first-order valence-corrected chi connectivity index (χ1v) is 13.0. The van der Waals surface area contributed by atoms with Crippen LogP contribution in [0.15, 0.2) is 36.4 Å². The molecule has 7 nitrogen and oxygen atoms in total. The van der Waals surface area contributed by atoms with Gasteiger partial charge in [-0.3, -0.25) is 15.5 Å². The van der Waals surface area contributed by atoms with Crippen molar-refractivity contribution in [3.8, 4) is 5.75 Å². The fourth-order valence-corrected chi connectivity index (χ4v) is 5.22. The zero-order valence-electron chi connectivity index (χ0n) is 23.1. The van der Waals surface area contributed by atoms with Gasteiger partial charge in [0.1, 0.15) is 11.6 Å². The van der Waals surface area contributed by atoms with Gasteiger partial charge in [0.2, 0.25) is 0 Å². The van der Waals surface area contributed by atoms with E-state index >= 15 is 0 Å². The first-order chi connectivity index (χ1) is 17.1. The molecule has 0 unspecified atom stereocenters. The van der Waals surface area contributed by atoms with Gasteiger partial charge < -0.3 is 15.1 Å². The molecule has 1 aliphatic rings. The van der Waals surface area contributed by atoms with Crippen molar-refractivity contribution in [1.29, 1.82) is 5.41 Å². The number of benzene rings is 2. The quantitative estimate of drug-likeness (QED) is 0.309. The van der Waals surface area contributed by atoms with Crippen LogP contribution in [0.2, 0.25) is 0 Å². The molecule has 0 saturated carbocycles. The Balaban J connectivity index is 1.90. The normalized spacial score (nSPS) is 18.2. The molecule has 1 amide bonds. The molecule has 1 fully saturated rings. The van der Waals surface area contributed by atoms with Crippen molar-refractivity contribution < 1.29 is 19.8 Å². The molecule has 0 spiro atoms. The van der Waals surface area contributed by atoms with Crippen LogP contribution in [0.3, 0.4) is 0 Å². The Morgan fingerprint density at radius 1 is 1.03 bits per heavy atom. The monoisotopic (exact) mass is 507 g/mol. The van der Waals surface area contributed by atoms with E-state index in [4.69, 9.17) is 10.5 Å². The highest BCUT2D eigenvalue weighted by Gasteiger charge is 2.39. The maximum Gasteiger partial charge on any atom is 0.409 e. The molecule has 37 heavy (non-hydrogen) atoms. The molecule has 7 heteroatoms. The highest BCUT2D eigenvalue weighted by molar-refractivity contribution is 6.01. The van der Waals surface area contributed by atoms with Crippen molar-refractivity contribution in [1.82, 2.24) is 4.90 Å². The number of carbonyl (C=O) groups is 2. The van der Waals surface area contributed by atoms with Crippen molar-refractivity contribution in [3.05, 3.63) is 58.7 Å². The van der Waals surface area contributed by atoms with Gasteiger partial charge >= 0.3 is 6.09 Å². The summed E-state index contributed by atoms with van der Waals surface area (Å²) in [7, 11) is 0. The Morgan fingerprint density at radius 3 is 2.03 bits per heavy atom. The summed E-state index contributed by atoms with van der Waals surface area (Å²) < 4.78 is 0. The predicted octanol–water partition coefficient (Wildman–Crippen LogP) is 6.75. The second kappa shape index (κ2) is 10.6. The van der Waals surface area contributed by atoms with Gasteiger partial charge in [0.05, 0.1) is 6.54 Å². The molecule has 0 aliphatic carbocycles. The van der Waals surface area contributed by atoms with Gasteiger partial charge in [-0.1, -0.05) is 67.0 Å². The average molecular weight is 508 g/mol. The van der Waals surface area contributed by atoms with E-state index < -0.39 is 6.09 Å². The molecule has 0 aromatic heterocycles. The molecule has 1 saturated heterocycles. The molecule has 2 aromatic rings. The van der Waals surface area contributed by atoms with E-state index in [1.807, 2.05) is 70.7 Å². The lowest BCUT2D eigenvalue weighted by molar-refractivity contribution is 0.0963. The second-order valence-electron chi connectivity index (χ2n) is 12.2. The van der Waals surface area contributed by atoms with Crippen LogP contribution in [0, 0.1) is 11.3 Å². The van der Waals surface area contributed by atoms with Crippen LogP contribution in [-0.4, -0.2) is 45.9 Å². The second-order valence-corrected chi connectivity index (χ2v) is 12.2. The maximum atomic E-state index is 13.6. The van der Waals surface area contributed by atoms with Crippen molar-refractivity contribution in [3.63, 3.8) is 0 Å². The summed E-state index contributed by atoms with van der Waals surface area (Å²) in [4.78, 5) is 26.4. The number of rotatable bonds is 7. The van der Waals surface area contributed by atoms with Crippen LogP contribution in [0.4, 0.5) is 10.5 Å². The van der Waals surface area contributed by atoms with Crippen LogP contribution < -0.4 is 5.32 Å². The Hall–Kier alpha value is -3.35. The van der Waals surface area contributed by atoms with Gasteiger partial charge in [-0.2, -0.15) is 0 Å². The first kappa shape index (κ1) is 28.2. The van der Waals surface area contributed by atoms with E-state index in [0.717, 1.165) is 29.5 Å². The number of carbonyl (C=O) groups excluding carboxylic acids is 1. The Bertz CT molecular complexity index is 1140. The number of ketones is 1. The van der Waals surface area contributed by atoms with Crippen molar-refractivity contribution in [2.24, 2.45) is 5.92 Å². The number of carboxylic acid groups (broad SMARTS) is 1. The number of Topliss-reactive ketones (excluding diaryl/α,β-unsaturated/α-hetero) is 1. The Kier molecular flexibility index (Phi) is 8.06. The Labute approximate surface area is 220 Å². The van der Waals surface area contributed by atoms with E-state index in [2.05, 4.69) is 12.2 Å². The fourth-order valence-electron chi connectivity index (χ4n) is 5.22. The topological polar surface area (TPSA) is 114 Å². The number of aromatic hydroxyl groups is 1. The summed E-state index contributed by atoms with van der Waals surface area (Å²) in [6, 6.07) is 10.8. The summed E-state index contributed by atoms with van der Waals surface area (Å²) in [5.41, 5.74) is 2.81. The van der Waals surface area contributed by atoms with Gasteiger partial charge in [-0.15, -0.1) is 0 Å². The summed E-state index contributed by atoms with van der Waals surface area (Å²) >= 11 is 0. The predicted molar refractivity (Wildman–Crippen MR) is 148 cm³/mol. The molecule has 1 heterocycles. The number of hydrogen-bond acceptors (Lipinski definition) is 4. The standard InChI is InChI=1S/C30H41N3O4/c1-8-9-19-16-33(27(31)25(19)18-10-12-21(13-11-18)32-28(36)37)17-24(34)20-14-22(29(2,3)4)26(35)23(15-20)30(5,6)7/h10-15,19,25,31-32,35H,8-9,16-17H2,1-7H3,(H,36,37)/t19-,25+/m0/s1. The van der Waals surface area contributed by atoms with Crippen LogP contribution in [-0.2, 0) is 10.8 Å². The molecule has 3 rings (SSSR count). The molecule has 200 valence electrons. The summed E-state index contributed by atoms with van der Waals surface area (Å²) in [5, 5.41) is 31.3. The van der Waals surface area contributed by atoms with Crippen LogP contribution in [0.25, 0.3) is 0 Å². The first-order valence-electron chi connectivity index (χ1n) is 13.0. The third-order valence-electron chi connectivity index (χ3n) is 7.12. The molecule has 1 aliphatic heterocycles. The molecule has 0 radical (unpaired) electrons. The molecule has 4 N–H and O–H groups in total. The highest BCUT2D eigenvalue weighted by atomic mass is 16.4. The van der Waals surface area contributed by atoms with Crippen molar-refractivity contribution in [2.45, 2.75) is 78.1 Å². The number of amidine groups is 1. The number of nitrogens with one attached hydrogen (secondary N) is 2. The van der Waals surface area contributed by atoms with E-state index in [-0.39, 0.29) is 40.7 Å².